The van der Waals surface area contributed by atoms with Gasteiger partial charge in [0.25, 0.3) is 0 Å². The average Bonchev–Trinajstić information content (AvgIpc) is 3.74. The summed E-state index contributed by atoms with van der Waals surface area (Å²) in [5.41, 5.74) is 1.80. The van der Waals surface area contributed by atoms with Gasteiger partial charge in [-0.15, -0.1) is 0 Å². The number of carbonyl (C=O) groups excluding carboxylic acids is 5. The van der Waals surface area contributed by atoms with E-state index in [0.717, 1.165) is 27.9 Å². The minimum absolute atomic E-state index is 0.0820. The summed E-state index contributed by atoms with van der Waals surface area (Å²) in [5, 5.41) is 0. The van der Waals surface area contributed by atoms with Gasteiger partial charge in [-0.25, -0.2) is 4.79 Å². The minimum atomic E-state index is -1.70. The Hall–Kier alpha value is -5.45. The normalized spacial score (nSPS) is 26.9. The molecule has 6 rings (SSSR count). The third-order valence-electron chi connectivity index (χ3n) is 9.25. The minimum Gasteiger partial charge on any atom is -0.493 e. The molecule has 0 amide bonds. The fraction of sp³-hybridized carbons (Fsp3) is 0.514. The van der Waals surface area contributed by atoms with Crippen LogP contribution >= 0.6 is 0 Å². The van der Waals surface area contributed by atoms with E-state index in [1.807, 2.05) is 0 Å². The Bertz CT molecular complexity index is 1740. The molecule has 0 bridgehead atoms. The molecule has 0 N–H and O–H groups in total. The van der Waals surface area contributed by atoms with Gasteiger partial charge in [0.1, 0.15) is 0 Å². The zero-order valence-corrected chi connectivity index (χ0v) is 29.4. The first-order chi connectivity index (χ1) is 24.9. The maximum atomic E-state index is 13.4. The van der Waals surface area contributed by atoms with Crippen LogP contribution in [0, 0.1) is 11.8 Å². The number of hydrogen-bond acceptors (Lipinski definition) is 17. The predicted molar refractivity (Wildman–Crippen MR) is 170 cm³/mol. The van der Waals surface area contributed by atoms with Crippen LogP contribution in [0.15, 0.2) is 18.2 Å². The highest BCUT2D eigenvalue weighted by molar-refractivity contribution is 5.80. The Balaban J connectivity index is 1.53. The van der Waals surface area contributed by atoms with Gasteiger partial charge in [-0.3, -0.25) is 19.2 Å². The van der Waals surface area contributed by atoms with Gasteiger partial charge in [0.15, 0.2) is 41.3 Å². The fourth-order valence-corrected chi connectivity index (χ4v) is 7.27. The van der Waals surface area contributed by atoms with Crippen molar-refractivity contribution in [2.24, 2.45) is 11.8 Å². The lowest BCUT2D eigenvalue weighted by atomic mass is 9.67. The van der Waals surface area contributed by atoms with E-state index in [-0.39, 0.29) is 43.0 Å². The summed E-state index contributed by atoms with van der Waals surface area (Å²) in [6, 6.07) is 5.24. The maximum absolute atomic E-state index is 13.4. The Morgan fingerprint density at radius 2 is 1.38 bits per heavy atom. The smallest absolute Gasteiger partial charge is 0.339 e. The van der Waals surface area contributed by atoms with Gasteiger partial charge in [-0.05, 0) is 35.7 Å². The summed E-state index contributed by atoms with van der Waals surface area (Å²) in [7, 11) is 5.52. The van der Waals surface area contributed by atoms with E-state index >= 15 is 0 Å². The first kappa shape index (κ1) is 36.3. The molecule has 4 aliphatic rings. The molecule has 2 saturated heterocycles. The summed E-state index contributed by atoms with van der Waals surface area (Å²) in [6.07, 6.45) is -7.89. The molecule has 0 saturated carbocycles. The van der Waals surface area contributed by atoms with Crippen molar-refractivity contribution in [3.8, 4) is 34.5 Å². The number of cyclic esters (lactones) is 1. The fourth-order valence-electron chi connectivity index (χ4n) is 7.27. The van der Waals surface area contributed by atoms with Crippen molar-refractivity contribution in [2.45, 2.75) is 63.8 Å². The summed E-state index contributed by atoms with van der Waals surface area (Å²) < 4.78 is 68.1. The van der Waals surface area contributed by atoms with Crippen molar-refractivity contribution in [1.82, 2.24) is 0 Å². The van der Waals surface area contributed by atoms with Crippen molar-refractivity contribution in [2.75, 3.05) is 41.8 Å². The summed E-state index contributed by atoms with van der Waals surface area (Å²) in [4.78, 5) is 63.5. The number of hydrogen-bond donors (Lipinski definition) is 0. The molecule has 2 aromatic rings. The second-order valence-electron chi connectivity index (χ2n) is 12.4. The molecule has 17 heteroatoms. The second-order valence-corrected chi connectivity index (χ2v) is 12.4. The van der Waals surface area contributed by atoms with Crippen molar-refractivity contribution < 1.29 is 80.8 Å². The van der Waals surface area contributed by atoms with Crippen LogP contribution < -0.4 is 28.4 Å². The molecule has 3 heterocycles. The van der Waals surface area contributed by atoms with Crippen LogP contribution in [0.2, 0.25) is 0 Å². The third-order valence-corrected chi connectivity index (χ3v) is 9.25. The number of benzene rings is 2. The quantitative estimate of drug-likeness (QED) is 0.254. The summed E-state index contributed by atoms with van der Waals surface area (Å²) in [6.45, 7) is 3.19. The van der Waals surface area contributed by atoms with E-state index in [4.69, 9.17) is 56.8 Å². The SMILES string of the molecule is COC(=O)[C@H]1OC(Oc2c3c(cc4c2OCO4)[C@@H](c2cc(OC)c(OC)c(OC)c2)[C@H]2C(=O)OCC2C3)[C@H](OC(C)=O)[C@@H](OC(C)=O)[C@@H]1OC(C)=O. The first-order valence-electron chi connectivity index (χ1n) is 16.2. The van der Waals surface area contributed by atoms with E-state index in [0.29, 0.717) is 33.9 Å². The molecule has 52 heavy (non-hydrogen) atoms. The molecule has 17 nitrogen and oxygen atoms in total. The van der Waals surface area contributed by atoms with Gasteiger partial charge in [-0.2, -0.15) is 0 Å². The van der Waals surface area contributed by atoms with Crippen molar-refractivity contribution in [3.05, 3.63) is 34.9 Å². The molecule has 2 unspecified atom stereocenters. The molecular weight excluding hydrogens is 692 g/mol. The molecule has 0 aromatic heterocycles. The molecule has 3 aliphatic heterocycles. The third kappa shape index (κ3) is 6.55. The van der Waals surface area contributed by atoms with E-state index in [9.17, 15) is 24.0 Å². The molecule has 1 aliphatic carbocycles. The lowest BCUT2D eigenvalue weighted by Gasteiger charge is -2.43. The van der Waals surface area contributed by atoms with Crippen molar-refractivity contribution in [3.63, 3.8) is 0 Å². The Kier molecular flexibility index (Phi) is 10.2. The number of ether oxygens (including phenoxy) is 12. The largest absolute Gasteiger partial charge is 0.493 e. The predicted octanol–water partition coefficient (Wildman–Crippen LogP) is 1.99. The van der Waals surface area contributed by atoms with Gasteiger partial charge in [0.2, 0.25) is 30.7 Å². The van der Waals surface area contributed by atoms with E-state index in [1.165, 1.54) is 21.3 Å². The molecule has 2 aromatic carbocycles. The Labute approximate surface area is 297 Å². The van der Waals surface area contributed by atoms with Crippen LogP contribution in [0.25, 0.3) is 0 Å². The molecule has 280 valence electrons. The topological polar surface area (TPSA) is 196 Å². The lowest BCUT2D eigenvalue weighted by molar-refractivity contribution is -0.282. The van der Waals surface area contributed by atoms with Crippen molar-refractivity contribution in [1.29, 1.82) is 0 Å². The van der Waals surface area contributed by atoms with E-state index in [2.05, 4.69) is 0 Å². The van der Waals surface area contributed by atoms with Crippen LogP contribution in [-0.4, -0.2) is 102 Å². The van der Waals surface area contributed by atoms with Gasteiger partial charge < -0.3 is 56.8 Å². The highest BCUT2D eigenvalue weighted by Gasteiger charge is 2.57. The molecular formula is C35H38O17. The highest BCUT2D eigenvalue weighted by atomic mass is 16.7. The van der Waals surface area contributed by atoms with Crippen LogP contribution in [0.3, 0.4) is 0 Å². The van der Waals surface area contributed by atoms with Crippen LogP contribution in [0.1, 0.15) is 43.4 Å². The van der Waals surface area contributed by atoms with E-state index in [1.54, 1.807) is 18.2 Å². The first-order valence-corrected chi connectivity index (χ1v) is 16.2. The monoisotopic (exact) mass is 730 g/mol. The van der Waals surface area contributed by atoms with Gasteiger partial charge >= 0.3 is 29.8 Å². The molecule has 8 atom stereocenters. The van der Waals surface area contributed by atoms with Crippen LogP contribution in [-0.2, 0) is 58.8 Å². The van der Waals surface area contributed by atoms with Crippen LogP contribution in [0.5, 0.6) is 34.5 Å². The molecule has 2 fully saturated rings. The number of fused-ring (bicyclic) bond motifs is 3. The standard InChI is InChI=1S/C35H38O17/c1-14(36)48-29-30(49-15(2)37)32(50-16(3)38)35(52-31(29)34(40)44-7)51-26-20-8-18-12-45-33(39)25(18)24(19(20)11-23-28(26)47-13-46-23)17-9-21(41-4)27(43-6)22(10-17)42-5/h9-11,18,24-25,29-32,35H,8,12-13H2,1-7H3/t18?,24-,25+,29+,30+,31+,32-,35?/m1/s1. The van der Waals surface area contributed by atoms with Gasteiger partial charge in [-0.1, -0.05) is 0 Å². The number of rotatable bonds is 10. The second kappa shape index (κ2) is 14.7. The average molecular weight is 731 g/mol. The summed E-state index contributed by atoms with van der Waals surface area (Å²) >= 11 is 0. The molecule has 0 spiro atoms. The number of carbonyl (C=O) groups is 5. The molecule has 0 radical (unpaired) electrons. The highest BCUT2D eigenvalue weighted by Crippen LogP contribution is 2.56. The lowest BCUT2D eigenvalue weighted by Crippen LogP contribution is -2.64. The number of methoxy groups -OCH3 is 4. The van der Waals surface area contributed by atoms with E-state index < -0.39 is 72.4 Å². The zero-order valence-electron chi connectivity index (χ0n) is 29.4. The van der Waals surface area contributed by atoms with Gasteiger partial charge in [0, 0.05) is 38.2 Å². The number of esters is 5. The maximum Gasteiger partial charge on any atom is 0.339 e. The Morgan fingerprint density at radius 3 is 1.98 bits per heavy atom. The van der Waals surface area contributed by atoms with Crippen molar-refractivity contribution >= 4 is 29.8 Å². The zero-order chi connectivity index (χ0) is 37.4. The summed E-state index contributed by atoms with van der Waals surface area (Å²) in [5.74, 6) is -3.97. The van der Waals surface area contributed by atoms with Crippen LogP contribution in [0.4, 0.5) is 0 Å². The van der Waals surface area contributed by atoms with Gasteiger partial charge in [0.05, 0.1) is 41.0 Å². The Morgan fingerprint density at radius 1 is 0.750 bits per heavy atom.